The molecule has 1 unspecified atom stereocenters. The highest BCUT2D eigenvalue weighted by Gasteiger charge is 2.08. The standard InChI is InChI=1S/C16H18O3/c1-12(17)13-8-9-16(18-2)14(10-13)11-19-15-6-4-3-5-7-15/h3-10,12,17H,11H2,1-2H3. The van der Waals surface area contributed by atoms with E-state index < -0.39 is 6.10 Å². The van der Waals surface area contributed by atoms with E-state index in [4.69, 9.17) is 9.47 Å². The molecule has 2 aromatic carbocycles. The molecule has 0 saturated heterocycles. The van der Waals surface area contributed by atoms with Gasteiger partial charge in [0.05, 0.1) is 13.2 Å². The van der Waals surface area contributed by atoms with Crippen molar-refractivity contribution in [1.29, 1.82) is 0 Å². The summed E-state index contributed by atoms with van der Waals surface area (Å²) >= 11 is 0. The summed E-state index contributed by atoms with van der Waals surface area (Å²) in [6, 6.07) is 15.2. The Morgan fingerprint density at radius 1 is 1.11 bits per heavy atom. The van der Waals surface area contributed by atoms with Crippen LogP contribution >= 0.6 is 0 Å². The van der Waals surface area contributed by atoms with Crippen LogP contribution in [0.4, 0.5) is 0 Å². The summed E-state index contributed by atoms with van der Waals surface area (Å²) in [6.45, 7) is 2.15. The lowest BCUT2D eigenvalue weighted by atomic mass is 10.1. The van der Waals surface area contributed by atoms with Gasteiger partial charge < -0.3 is 14.6 Å². The normalized spacial score (nSPS) is 11.9. The molecule has 0 amide bonds. The number of aliphatic hydroxyl groups is 1. The van der Waals surface area contributed by atoms with Gasteiger partial charge in [0.2, 0.25) is 0 Å². The van der Waals surface area contributed by atoms with Gasteiger partial charge in [-0.2, -0.15) is 0 Å². The fourth-order valence-electron chi connectivity index (χ4n) is 1.85. The Hall–Kier alpha value is -2.00. The molecule has 0 spiro atoms. The van der Waals surface area contributed by atoms with E-state index in [1.807, 2.05) is 48.5 Å². The Balaban J connectivity index is 2.16. The van der Waals surface area contributed by atoms with Crippen molar-refractivity contribution >= 4 is 0 Å². The molecule has 19 heavy (non-hydrogen) atoms. The average molecular weight is 258 g/mol. The predicted octanol–water partition coefficient (Wildman–Crippen LogP) is 3.33. The molecule has 1 N–H and O–H groups in total. The maximum Gasteiger partial charge on any atom is 0.125 e. The second kappa shape index (κ2) is 6.25. The molecule has 0 aliphatic heterocycles. The minimum Gasteiger partial charge on any atom is -0.496 e. The molecular weight excluding hydrogens is 240 g/mol. The molecule has 0 radical (unpaired) electrons. The quantitative estimate of drug-likeness (QED) is 0.894. The third-order valence-corrected chi connectivity index (χ3v) is 2.92. The first kappa shape index (κ1) is 13.4. The second-order valence-electron chi connectivity index (χ2n) is 4.35. The first-order valence-electron chi connectivity index (χ1n) is 6.23. The SMILES string of the molecule is COc1ccc(C(C)O)cc1COc1ccccc1. The van der Waals surface area contributed by atoms with E-state index in [1.54, 1.807) is 14.0 Å². The zero-order chi connectivity index (χ0) is 13.7. The summed E-state index contributed by atoms with van der Waals surface area (Å²) in [4.78, 5) is 0. The fourth-order valence-corrected chi connectivity index (χ4v) is 1.85. The monoisotopic (exact) mass is 258 g/mol. The molecule has 0 aromatic heterocycles. The Morgan fingerprint density at radius 2 is 1.84 bits per heavy atom. The van der Waals surface area contributed by atoms with Gasteiger partial charge in [0.25, 0.3) is 0 Å². The third-order valence-electron chi connectivity index (χ3n) is 2.92. The van der Waals surface area contributed by atoms with Crippen LogP contribution in [0.15, 0.2) is 48.5 Å². The van der Waals surface area contributed by atoms with Crippen molar-refractivity contribution < 1.29 is 14.6 Å². The largest absolute Gasteiger partial charge is 0.496 e. The molecule has 3 heteroatoms. The first-order valence-corrected chi connectivity index (χ1v) is 6.23. The summed E-state index contributed by atoms with van der Waals surface area (Å²) in [7, 11) is 1.63. The summed E-state index contributed by atoms with van der Waals surface area (Å²) in [5.41, 5.74) is 1.78. The maximum atomic E-state index is 9.62. The molecule has 0 aliphatic carbocycles. The Bertz CT molecular complexity index is 521. The minimum atomic E-state index is -0.499. The van der Waals surface area contributed by atoms with Gasteiger partial charge in [-0.15, -0.1) is 0 Å². The van der Waals surface area contributed by atoms with E-state index in [0.29, 0.717) is 6.61 Å². The molecule has 3 nitrogen and oxygen atoms in total. The lowest BCUT2D eigenvalue weighted by Crippen LogP contribution is -2.01. The highest BCUT2D eigenvalue weighted by atomic mass is 16.5. The smallest absolute Gasteiger partial charge is 0.125 e. The van der Waals surface area contributed by atoms with Gasteiger partial charge >= 0.3 is 0 Å². The first-order chi connectivity index (χ1) is 9.20. The van der Waals surface area contributed by atoms with Crippen LogP contribution in [0.25, 0.3) is 0 Å². The van der Waals surface area contributed by atoms with Crippen molar-refractivity contribution in [1.82, 2.24) is 0 Å². The zero-order valence-electron chi connectivity index (χ0n) is 11.2. The van der Waals surface area contributed by atoms with Crippen molar-refractivity contribution in [3.63, 3.8) is 0 Å². The van der Waals surface area contributed by atoms with Gasteiger partial charge in [-0.25, -0.2) is 0 Å². The molecule has 2 aromatic rings. The van der Waals surface area contributed by atoms with Crippen molar-refractivity contribution in [2.45, 2.75) is 19.6 Å². The van der Waals surface area contributed by atoms with Gasteiger partial charge in [-0.3, -0.25) is 0 Å². The molecule has 0 aliphatic rings. The molecule has 2 rings (SSSR count). The van der Waals surface area contributed by atoms with Crippen LogP contribution in [0.2, 0.25) is 0 Å². The molecule has 100 valence electrons. The van der Waals surface area contributed by atoms with Crippen molar-refractivity contribution in [3.8, 4) is 11.5 Å². The second-order valence-corrected chi connectivity index (χ2v) is 4.35. The van der Waals surface area contributed by atoms with E-state index >= 15 is 0 Å². The fraction of sp³-hybridized carbons (Fsp3) is 0.250. The molecule has 0 fully saturated rings. The van der Waals surface area contributed by atoms with Crippen LogP contribution in [-0.2, 0) is 6.61 Å². The lowest BCUT2D eigenvalue weighted by molar-refractivity contribution is 0.198. The number of rotatable bonds is 5. The third kappa shape index (κ3) is 3.48. The molecule has 0 saturated carbocycles. The molecular formula is C16H18O3. The summed E-state index contributed by atoms with van der Waals surface area (Å²) in [5.74, 6) is 1.58. The number of methoxy groups -OCH3 is 1. The Morgan fingerprint density at radius 3 is 2.47 bits per heavy atom. The minimum absolute atomic E-state index is 0.410. The van der Waals surface area contributed by atoms with Gasteiger partial charge in [-0.05, 0) is 36.8 Å². The zero-order valence-corrected chi connectivity index (χ0v) is 11.2. The van der Waals surface area contributed by atoms with Crippen LogP contribution < -0.4 is 9.47 Å². The van der Waals surface area contributed by atoms with Crippen molar-refractivity contribution in [2.24, 2.45) is 0 Å². The van der Waals surface area contributed by atoms with Crippen molar-refractivity contribution in [3.05, 3.63) is 59.7 Å². The van der Waals surface area contributed by atoms with E-state index in [1.165, 1.54) is 0 Å². The van der Waals surface area contributed by atoms with Crippen LogP contribution in [-0.4, -0.2) is 12.2 Å². The predicted molar refractivity (Wildman–Crippen MR) is 74.4 cm³/mol. The van der Waals surface area contributed by atoms with Crippen LogP contribution in [0.1, 0.15) is 24.2 Å². The number of benzene rings is 2. The van der Waals surface area contributed by atoms with Crippen LogP contribution in [0.3, 0.4) is 0 Å². The van der Waals surface area contributed by atoms with Gasteiger partial charge in [0.1, 0.15) is 18.1 Å². The molecule has 0 bridgehead atoms. The van der Waals surface area contributed by atoms with Crippen LogP contribution in [0.5, 0.6) is 11.5 Å². The van der Waals surface area contributed by atoms with Gasteiger partial charge in [-0.1, -0.05) is 24.3 Å². The number of hydrogen-bond donors (Lipinski definition) is 1. The van der Waals surface area contributed by atoms with E-state index in [-0.39, 0.29) is 0 Å². The van der Waals surface area contributed by atoms with Gasteiger partial charge in [0, 0.05) is 5.56 Å². The highest BCUT2D eigenvalue weighted by molar-refractivity contribution is 5.38. The number of ether oxygens (including phenoxy) is 2. The van der Waals surface area contributed by atoms with Crippen LogP contribution in [0, 0.1) is 0 Å². The molecule has 1 atom stereocenters. The maximum absolute atomic E-state index is 9.62. The van der Waals surface area contributed by atoms with E-state index in [0.717, 1.165) is 22.6 Å². The Kier molecular flexibility index (Phi) is 4.42. The summed E-state index contributed by atoms with van der Waals surface area (Å²) in [6.07, 6.45) is -0.499. The molecule has 0 heterocycles. The summed E-state index contributed by atoms with van der Waals surface area (Å²) < 4.78 is 11.0. The average Bonchev–Trinajstić information content (AvgIpc) is 2.45. The van der Waals surface area contributed by atoms with E-state index in [9.17, 15) is 5.11 Å². The number of aliphatic hydroxyl groups excluding tert-OH is 1. The van der Waals surface area contributed by atoms with Gasteiger partial charge in [0.15, 0.2) is 0 Å². The summed E-state index contributed by atoms with van der Waals surface area (Å²) in [5, 5.41) is 9.62. The van der Waals surface area contributed by atoms with Crippen molar-refractivity contribution in [2.75, 3.05) is 7.11 Å². The lowest BCUT2D eigenvalue weighted by Gasteiger charge is -2.13. The van der Waals surface area contributed by atoms with E-state index in [2.05, 4.69) is 0 Å². The highest BCUT2D eigenvalue weighted by Crippen LogP contribution is 2.24. The number of para-hydroxylation sites is 1. The Labute approximate surface area is 113 Å². The topological polar surface area (TPSA) is 38.7 Å². The number of hydrogen-bond acceptors (Lipinski definition) is 3.